The van der Waals surface area contributed by atoms with Gasteiger partial charge in [0.2, 0.25) is 0 Å². The van der Waals surface area contributed by atoms with Crippen LogP contribution in [0.4, 0.5) is 13.2 Å². The molecule has 2 unspecified atom stereocenters. The number of alkyl halides is 3. The maximum atomic E-state index is 10.7. The molecule has 9 rings (SSSR count). The van der Waals surface area contributed by atoms with E-state index in [1.165, 1.54) is 77.3 Å². The molecule has 1 saturated carbocycles. The fraction of sp³-hybridized carbons (Fsp3) is 0.137. The average molecular weight is 1020 g/mol. The number of hydrogen-bond acceptors (Lipinski definition) is 3. The summed E-state index contributed by atoms with van der Waals surface area (Å²) in [5.41, 5.74) is 11.7. The van der Waals surface area contributed by atoms with Crippen molar-refractivity contribution in [1.82, 2.24) is 0 Å². The van der Waals surface area contributed by atoms with Gasteiger partial charge in [0.15, 0.2) is 10.1 Å². The van der Waals surface area contributed by atoms with Crippen molar-refractivity contribution in [3.63, 3.8) is 0 Å². The van der Waals surface area contributed by atoms with Crippen LogP contribution in [-0.2, 0) is 27.4 Å². The summed E-state index contributed by atoms with van der Waals surface area (Å²) >= 11 is 1.82. The van der Waals surface area contributed by atoms with Gasteiger partial charge in [-0.25, -0.2) is 8.42 Å². The third-order valence-corrected chi connectivity index (χ3v) is 17.1. The van der Waals surface area contributed by atoms with Gasteiger partial charge in [-0.2, -0.15) is 25.3 Å². The molecular weight excluding hydrogens is 976 g/mol. The van der Waals surface area contributed by atoms with Crippen molar-refractivity contribution in [2.45, 2.75) is 43.3 Å². The Morgan fingerprint density at radius 3 is 1.02 bits per heavy atom. The number of hydrogen-bond donors (Lipinski definition) is 0. The molecule has 1 aliphatic rings. The Kier molecular flexibility index (Phi) is 17.8. The molecule has 0 saturated heterocycles. The average Bonchev–Trinajstić information content (AvgIpc) is 3.32. The number of nitrogens with one attached hydrogen (secondary N) is 2. The van der Waals surface area contributed by atoms with Crippen LogP contribution in [0.15, 0.2) is 194 Å². The van der Waals surface area contributed by atoms with Gasteiger partial charge in [0.25, 0.3) is 0 Å². The van der Waals surface area contributed by atoms with E-state index in [0.29, 0.717) is 0 Å². The molecule has 8 aromatic rings. The third kappa shape index (κ3) is 12.1. The van der Waals surface area contributed by atoms with Crippen molar-refractivity contribution in [2.75, 3.05) is 0 Å². The molecular formula is C51H46ClF3N2O3P2RuS+2. The van der Waals surface area contributed by atoms with Crippen molar-refractivity contribution < 1.29 is 43.5 Å². The molecule has 0 aromatic heterocycles. The van der Waals surface area contributed by atoms with E-state index in [4.69, 9.17) is 24.4 Å². The van der Waals surface area contributed by atoms with Gasteiger partial charge in [-0.05, 0) is 82.2 Å². The second-order valence-corrected chi connectivity index (χ2v) is 21.3. The molecule has 8 aromatic carbocycles. The van der Waals surface area contributed by atoms with Gasteiger partial charge in [0, 0.05) is 11.1 Å². The minimum absolute atomic E-state index is 0.0799. The van der Waals surface area contributed by atoms with E-state index in [-0.39, 0.29) is 12.1 Å². The van der Waals surface area contributed by atoms with Gasteiger partial charge < -0.3 is 16.0 Å². The van der Waals surface area contributed by atoms with Gasteiger partial charge in [-0.15, -0.1) is 0 Å². The number of fused-ring (bicyclic) bond motifs is 2. The minimum Gasteiger partial charge on any atom is -0.676 e. The summed E-state index contributed by atoms with van der Waals surface area (Å²) in [6.45, 7) is 0. The summed E-state index contributed by atoms with van der Waals surface area (Å²) in [6, 6.07) is 72.1. The molecule has 1 aliphatic carbocycles. The Hall–Kier alpha value is -4.33. The molecule has 2 N–H and O–H groups in total. The van der Waals surface area contributed by atoms with E-state index in [2.05, 4.69) is 204 Å². The molecule has 64 heavy (non-hydrogen) atoms. The molecule has 5 nitrogen and oxygen atoms in total. The largest absolute Gasteiger partial charge is 0.676 e. The Bertz CT molecular complexity index is 2580. The predicted molar refractivity (Wildman–Crippen MR) is 263 cm³/mol. The number of halogens is 4. The smallest absolute Gasteiger partial charge is 0.111 e. The van der Waals surface area contributed by atoms with Crippen LogP contribution in [0.5, 0.6) is 0 Å². The van der Waals surface area contributed by atoms with Gasteiger partial charge in [0.05, 0.1) is 15.8 Å². The Labute approximate surface area is 390 Å². The van der Waals surface area contributed by atoms with E-state index < -0.39 is 31.5 Å². The topological polar surface area (TPSA) is 105 Å². The van der Waals surface area contributed by atoms with E-state index in [1.807, 2.05) is 17.3 Å². The fourth-order valence-corrected chi connectivity index (χ4v) is 13.5. The SMILES string of the molecule is O=S(=O)([O-])C(F)(F)F.[Cl][Ru+3].[NH-]C1CCCCC1[NH-].c1ccc([PH+](c2ccccc2)c2ccc3ccccc3c2-c2c([PH+](c3ccccc3)c3ccccc3)ccc3ccccc23)cc1. The van der Waals surface area contributed by atoms with E-state index in [1.54, 1.807) is 0 Å². The quantitative estimate of drug-likeness (QED) is 0.0687. The van der Waals surface area contributed by atoms with Crippen LogP contribution in [0.1, 0.15) is 25.7 Å². The Morgan fingerprint density at radius 2 is 0.750 bits per heavy atom. The van der Waals surface area contributed by atoms with E-state index in [9.17, 15) is 13.2 Å². The van der Waals surface area contributed by atoms with Crippen molar-refractivity contribution >= 4 is 89.0 Å². The van der Waals surface area contributed by atoms with Crippen LogP contribution in [0.2, 0.25) is 0 Å². The molecule has 13 heteroatoms. The van der Waals surface area contributed by atoms with Gasteiger partial charge in [-0.3, -0.25) is 0 Å². The van der Waals surface area contributed by atoms with Crippen LogP contribution < -0.4 is 31.8 Å². The van der Waals surface area contributed by atoms with Gasteiger partial charge >= 0.3 is 32.5 Å². The van der Waals surface area contributed by atoms with E-state index >= 15 is 0 Å². The Balaban J connectivity index is 0.000000318. The number of rotatable bonds is 7. The molecule has 0 spiro atoms. The first kappa shape index (κ1) is 49.1. The van der Waals surface area contributed by atoms with E-state index in [0.717, 1.165) is 12.8 Å². The number of benzene rings is 8. The fourth-order valence-electron chi connectivity index (χ4n) is 8.00. The normalized spacial score (nSPS) is 15.0. The summed E-state index contributed by atoms with van der Waals surface area (Å²) in [4.78, 5) is 0. The molecule has 0 bridgehead atoms. The molecule has 1 fully saturated rings. The van der Waals surface area contributed by atoms with Crippen LogP contribution in [0, 0.1) is 0 Å². The Morgan fingerprint density at radius 1 is 0.484 bits per heavy atom. The zero-order valence-electron chi connectivity index (χ0n) is 34.5. The molecule has 0 heterocycles. The van der Waals surface area contributed by atoms with Gasteiger partial charge in [0.1, 0.15) is 31.8 Å². The van der Waals surface area contributed by atoms with Crippen molar-refractivity contribution in [2.24, 2.45) is 0 Å². The maximum absolute atomic E-state index is 10.7. The molecule has 0 aliphatic heterocycles. The molecule has 328 valence electrons. The zero-order chi connectivity index (χ0) is 45.7. The van der Waals surface area contributed by atoms with Crippen molar-refractivity contribution in [1.29, 1.82) is 0 Å². The summed E-state index contributed by atoms with van der Waals surface area (Å²) in [5.74, 6) is 0. The van der Waals surface area contributed by atoms with Crippen LogP contribution in [0.25, 0.3) is 44.1 Å². The van der Waals surface area contributed by atoms with Crippen LogP contribution in [-0.4, -0.2) is 30.6 Å². The third-order valence-electron chi connectivity index (χ3n) is 10.9. The predicted octanol–water partition coefficient (Wildman–Crippen LogP) is 11.8. The standard InChI is InChI=1S/C44H32P2.C6H12N2.CHF3O3S.ClH.Ru/c1-5-19-35(20-6-1)45(36-21-7-2-8-22-36)41-31-29-33-17-13-15-27-39(33)43(41)44-40-28-16-14-18-34(40)30-32-42(44)46(37-23-9-3-10-24-37)38-25-11-4-12-26-38;7-5-3-1-2-4-6(5)8;2-1(3,4)8(5,6)7;;/h1-32H;5-8H,1-4H2;(H,5,6,7);1H;/q;-2;;;+4. The molecule has 0 amide bonds. The zero-order valence-corrected chi connectivity index (χ0v) is 39.8. The molecule has 0 radical (unpaired) electrons. The second-order valence-electron chi connectivity index (χ2n) is 15.0. The van der Waals surface area contributed by atoms with Crippen molar-refractivity contribution in [3.05, 3.63) is 206 Å². The summed E-state index contributed by atoms with van der Waals surface area (Å²) in [5, 5.41) is 13.6. The van der Waals surface area contributed by atoms with Gasteiger partial charge in [-0.1, -0.05) is 159 Å². The first-order valence-electron chi connectivity index (χ1n) is 20.5. The van der Waals surface area contributed by atoms with Crippen LogP contribution >= 0.6 is 25.5 Å². The van der Waals surface area contributed by atoms with Crippen LogP contribution in [0.3, 0.4) is 0 Å². The summed E-state index contributed by atoms with van der Waals surface area (Å²) < 4.78 is 58.9. The first-order chi connectivity index (χ1) is 30.9. The minimum atomic E-state index is -6.09. The van der Waals surface area contributed by atoms with Crippen molar-refractivity contribution in [3.8, 4) is 11.1 Å². The first-order valence-corrected chi connectivity index (χ1v) is 27.1. The molecule has 2 atom stereocenters. The monoisotopic (exact) mass is 1020 g/mol. The summed E-state index contributed by atoms with van der Waals surface area (Å²) in [6.07, 6.45) is 4.25. The summed E-state index contributed by atoms with van der Waals surface area (Å²) in [7, 11) is -4.26. The second kappa shape index (κ2) is 23.2. The maximum Gasteiger partial charge on any atom is 0.111 e.